The Balaban J connectivity index is 1.59. The Bertz CT molecular complexity index is 719. The average Bonchev–Trinajstić information content (AvgIpc) is 3.12. The molecule has 0 aromatic carbocycles. The molecule has 2 fully saturated rings. The standard InChI is InChI=1S/C19H26F2N2O3S/c1-18(2,3)23(17(25)26)14-9-13(14)11-8-15(27-10-11)16(24)22-12-4-6-19(20,21)7-5-12/h8,10,12-14H,4-7,9H2,1-3H3,(H,22,24)(H,25,26). The summed E-state index contributed by atoms with van der Waals surface area (Å²) in [5.41, 5.74) is 0.491. The maximum absolute atomic E-state index is 13.2. The molecule has 5 nitrogen and oxygen atoms in total. The minimum absolute atomic E-state index is 0.0754. The predicted molar refractivity (Wildman–Crippen MR) is 99.8 cm³/mol. The molecule has 1 aromatic rings. The van der Waals surface area contributed by atoms with Gasteiger partial charge in [0.2, 0.25) is 5.92 Å². The van der Waals surface area contributed by atoms with Gasteiger partial charge >= 0.3 is 6.09 Å². The average molecular weight is 400 g/mol. The summed E-state index contributed by atoms with van der Waals surface area (Å²) in [6.07, 6.45) is 0.0304. The van der Waals surface area contributed by atoms with E-state index in [1.807, 2.05) is 32.2 Å². The molecule has 3 rings (SSSR count). The van der Waals surface area contributed by atoms with Crippen molar-refractivity contribution in [1.82, 2.24) is 10.2 Å². The van der Waals surface area contributed by atoms with Crippen molar-refractivity contribution in [1.29, 1.82) is 0 Å². The van der Waals surface area contributed by atoms with Crippen LogP contribution in [0.15, 0.2) is 11.4 Å². The fourth-order valence-corrected chi connectivity index (χ4v) is 4.73. The van der Waals surface area contributed by atoms with Gasteiger partial charge in [0.15, 0.2) is 0 Å². The Hall–Kier alpha value is -1.70. The number of carbonyl (C=O) groups is 2. The first-order chi connectivity index (χ1) is 12.5. The fraction of sp³-hybridized carbons (Fsp3) is 0.684. The van der Waals surface area contributed by atoms with Crippen LogP contribution in [0.3, 0.4) is 0 Å². The van der Waals surface area contributed by atoms with E-state index in [9.17, 15) is 23.5 Å². The normalized spacial score (nSPS) is 25.1. The molecule has 2 aliphatic rings. The molecule has 1 aromatic heterocycles. The van der Waals surface area contributed by atoms with Crippen molar-refractivity contribution in [2.24, 2.45) is 0 Å². The van der Waals surface area contributed by atoms with Crippen LogP contribution >= 0.6 is 11.3 Å². The number of nitrogens with zero attached hydrogens (tertiary/aromatic N) is 1. The van der Waals surface area contributed by atoms with Crippen molar-refractivity contribution < 1.29 is 23.5 Å². The number of carboxylic acid groups (broad SMARTS) is 1. The molecule has 0 saturated heterocycles. The molecule has 2 atom stereocenters. The van der Waals surface area contributed by atoms with Crippen LogP contribution in [-0.4, -0.2) is 45.6 Å². The van der Waals surface area contributed by atoms with Crippen LogP contribution < -0.4 is 5.32 Å². The van der Waals surface area contributed by atoms with Crippen LogP contribution in [0.5, 0.6) is 0 Å². The number of rotatable bonds is 4. The van der Waals surface area contributed by atoms with Crippen molar-refractivity contribution in [3.63, 3.8) is 0 Å². The monoisotopic (exact) mass is 400 g/mol. The van der Waals surface area contributed by atoms with Gasteiger partial charge in [-0.3, -0.25) is 9.69 Å². The first kappa shape index (κ1) is 20.0. The molecule has 150 valence electrons. The van der Waals surface area contributed by atoms with E-state index in [1.54, 1.807) is 0 Å². The second kappa shape index (κ2) is 7.04. The van der Waals surface area contributed by atoms with Gasteiger partial charge in [0.1, 0.15) is 0 Å². The fourth-order valence-electron chi connectivity index (χ4n) is 3.86. The Morgan fingerprint density at radius 3 is 2.48 bits per heavy atom. The summed E-state index contributed by atoms with van der Waals surface area (Å²) in [7, 11) is 0. The van der Waals surface area contributed by atoms with Gasteiger partial charge in [0.25, 0.3) is 5.91 Å². The van der Waals surface area contributed by atoms with Crippen LogP contribution in [0, 0.1) is 0 Å². The van der Waals surface area contributed by atoms with Crippen LogP contribution in [0.2, 0.25) is 0 Å². The summed E-state index contributed by atoms with van der Waals surface area (Å²) in [5.74, 6) is -2.74. The molecule has 27 heavy (non-hydrogen) atoms. The molecule has 2 unspecified atom stereocenters. The lowest BCUT2D eigenvalue weighted by molar-refractivity contribution is -0.0399. The van der Waals surface area contributed by atoms with Gasteiger partial charge in [0.05, 0.1) is 4.88 Å². The van der Waals surface area contributed by atoms with Gasteiger partial charge < -0.3 is 10.4 Å². The molecule has 2 amide bonds. The predicted octanol–water partition coefficient (Wildman–Crippen LogP) is 4.69. The largest absolute Gasteiger partial charge is 0.465 e. The minimum atomic E-state index is -2.61. The summed E-state index contributed by atoms with van der Waals surface area (Å²) < 4.78 is 26.4. The van der Waals surface area contributed by atoms with Crippen LogP contribution in [0.1, 0.15) is 74.0 Å². The lowest BCUT2D eigenvalue weighted by Crippen LogP contribution is -2.46. The number of nitrogens with one attached hydrogen (secondary N) is 1. The number of hydrogen-bond acceptors (Lipinski definition) is 3. The van der Waals surface area contributed by atoms with E-state index in [2.05, 4.69) is 5.32 Å². The molecule has 2 aliphatic carbocycles. The summed E-state index contributed by atoms with van der Waals surface area (Å²) >= 11 is 1.32. The van der Waals surface area contributed by atoms with E-state index < -0.39 is 17.6 Å². The topological polar surface area (TPSA) is 69.6 Å². The summed E-state index contributed by atoms with van der Waals surface area (Å²) in [6, 6.07) is 1.53. The van der Waals surface area contributed by atoms with Crippen molar-refractivity contribution in [3.05, 3.63) is 21.9 Å². The van der Waals surface area contributed by atoms with Crippen LogP contribution in [-0.2, 0) is 0 Å². The number of alkyl halides is 2. The molecule has 2 N–H and O–H groups in total. The molecular weight excluding hydrogens is 374 g/mol. The Morgan fingerprint density at radius 1 is 1.30 bits per heavy atom. The zero-order valence-electron chi connectivity index (χ0n) is 15.8. The van der Waals surface area contributed by atoms with Crippen LogP contribution in [0.25, 0.3) is 0 Å². The van der Waals surface area contributed by atoms with E-state index >= 15 is 0 Å². The smallest absolute Gasteiger partial charge is 0.408 e. The Kier molecular flexibility index (Phi) is 5.22. The highest BCUT2D eigenvalue weighted by Gasteiger charge is 2.49. The van der Waals surface area contributed by atoms with Gasteiger partial charge in [-0.1, -0.05) is 0 Å². The van der Waals surface area contributed by atoms with E-state index in [0.29, 0.717) is 17.7 Å². The van der Waals surface area contributed by atoms with Crippen molar-refractivity contribution in [2.45, 2.75) is 82.3 Å². The van der Waals surface area contributed by atoms with E-state index in [4.69, 9.17) is 0 Å². The zero-order chi connectivity index (χ0) is 20.0. The molecular formula is C19H26F2N2O3S. The molecule has 1 heterocycles. The lowest BCUT2D eigenvalue weighted by atomic mass is 9.92. The number of hydrogen-bond donors (Lipinski definition) is 2. The van der Waals surface area contributed by atoms with Crippen molar-refractivity contribution >= 4 is 23.3 Å². The number of carbonyl (C=O) groups excluding carboxylic acids is 1. The van der Waals surface area contributed by atoms with Gasteiger partial charge in [-0.2, -0.15) is 0 Å². The SMILES string of the molecule is CC(C)(C)N(C(=O)O)C1CC1c1csc(C(=O)NC2CCC(F)(F)CC2)c1. The minimum Gasteiger partial charge on any atom is -0.465 e. The summed E-state index contributed by atoms with van der Waals surface area (Å²) in [6.45, 7) is 5.62. The van der Waals surface area contributed by atoms with Gasteiger partial charge in [-0.05, 0) is 57.0 Å². The third kappa shape index (κ3) is 4.59. The first-order valence-electron chi connectivity index (χ1n) is 9.27. The van der Waals surface area contributed by atoms with Crippen LogP contribution in [0.4, 0.5) is 13.6 Å². The third-order valence-electron chi connectivity index (χ3n) is 5.34. The van der Waals surface area contributed by atoms with Gasteiger partial charge in [-0.15, -0.1) is 11.3 Å². The number of thiophene rings is 1. The summed E-state index contributed by atoms with van der Waals surface area (Å²) in [4.78, 5) is 26.0. The van der Waals surface area contributed by atoms with E-state index in [-0.39, 0.29) is 36.8 Å². The zero-order valence-corrected chi connectivity index (χ0v) is 16.6. The quantitative estimate of drug-likeness (QED) is 0.770. The Morgan fingerprint density at radius 2 is 1.93 bits per heavy atom. The highest BCUT2D eigenvalue weighted by molar-refractivity contribution is 7.12. The molecule has 0 aliphatic heterocycles. The number of halogens is 2. The number of amides is 2. The highest BCUT2D eigenvalue weighted by Crippen LogP contribution is 2.48. The molecule has 2 saturated carbocycles. The maximum Gasteiger partial charge on any atom is 0.408 e. The van der Waals surface area contributed by atoms with E-state index in [1.165, 1.54) is 16.2 Å². The molecule has 8 heteroatoms. The van der Waals surface area contributed by atoms with E-state index in [0.717, 1.165) is 12.0 Å². The first-order valence-corrected chi connectivity index (χ1v) is 10.2. The maximum atomic E-state index is 13.2. The summed E-state index contributed by atoms with van der Waals surface area (Å²) in [5, 5.41) is 14.3. The molecule has 0 bridgehead atoms. The Labute approximate surface area is 161 Å². The molecule has 0 radical (unpaired) electrons. The second-order valence-corrected chi connectivity index (χ2v) is 9.49. The van der Waals surface area contributed by atoms with Crippen molar-refractivity contribution in [3.8, 4) is 0 Å². The molecule has 0 spiro atoms. The third-order valence-corrected chi connectivity index (χ3v) is 6.29. The van der Waals surface area contributed by atoms with Gasteiger partial charge in [-0.25, -0.2) is 13.6 Å². The van der Waals surface area contributed by atoms with Crippen molar-refractivity contribution in [2.75, 3.05) is 0 Å². The van der Waals surface area contributed by atoms with Gasteiger partial charge in [0, 0.05) is 36.4 Å². The second-order valence-electron chi connectivity index (χ2n) is 8.58. The highest BCUT2D eigenvalue weighted by atomic mass is 32.1. The lowest BCUT2D eigenvalue weighted by Gasteiger charge is -2.33.